The zero-order valence-electron chi connectivity index (χ0n) is 20.9. The number of pyridine rings is 2. The number of ether oxygens (including phenoxy) is 2. The predicted octanol–water partition coefficient (Wildman–Crippen LogP) is 6.28. The van der Waals surface area contributed by atoms with Crippen LogP contribution in [0.4, 0.5) is 0 Å². The van der Waals surface area contributed by atoms with Crippen LogP contribution >= 0.6 is 0 Å². The van der Waals surface area contributed by atoms with E-state index in [0.29, 0.717) is 33.7 Å². The molecule has 0 bridgehead atoms. The first-order valence-corrected chi connectivity index (χ1v) is 12.2. The highest BCUT2D eigenvalue weighted by Crippen LogP contribution is 2.41. The molecule has 38 heavy (non-hydrogen) atoms. The van der Waals surface area contributed by atoms with Crippen molar-refractivity contribution in [3.05, 3.63) is 120 Å². The summed E-state index contributed by atoms with van der Waals surface area (Å²) in [7, 11) is 3.18. The zero-order chi connectivity index (χ0) is 26.2. The molecule has 6 rings (SSSR count). The van der Waals surface area contributed by atoms with E-state index in [9.17, 15) is 10.4 Å². The fourth-order valence-electron chi connectivity index (χ4n) is 5.10. The first-order chi connectivity index (χ1) is 18.6. The fraction of sp³-hybridized carbons (Fsp3) is 0.0625. The highest BCUT2D eigenvalue weighted by molar-refractivity contribution is 6.08. The normalized spacial score (nSPS) is 11.1. The molecule has 186 valence electrons. The third kappa shape index (κ3) is 3.83. The molecule has 0 N–H and O–H groups in total. The quantitative estimate of drug-likeness (QED) is 0.206. The summed E-state index contributed by atoms with van der Waals surface area (Å²) in [6.07, 6.45) is 3.01. The van der Waals surface area contributed by atoms with Gasteiger partial charge < -0.3 is 19.9 Å². The van der Waals surface area contributed by atoms with Crippen molar-refractivity contribution in [1.29, 1.82) is 0 Å². The Labute approximate surface area is 219 Å². The average Bonchev–Trinajstić information content (AvgIpc) is 2.97. The van der Waals surface area contributed by atoms with Crippen LogP contribution in [0.25, 0.3) is 55.2 Å². The van der Waals surface area contributed by atoms with Crippen LogP contribution in [0.15, 0.2) is 109 Å². The molecule has 6 nitrogen and oxygen atoms in total. The van der Waals surface area contributed by atoms with Gasteiger partial charge in [-0.2, -0.15) is 9.46 Å². The SMILES string of the molecule is COc1cc(-c2cc(OC)cc3c(-c4ccccc4)cc[n+]([O-])c23)c2c(c1)c(-c1ccccc1)cc[n+]2[O-]. The second-order valence-electron chi connectivity index (χ2n) is 8.98. The second kappa shape index (κ2) is 9.41. The third-order valence-electron chi connectivity index (χ3n) is 6.87. The van der Waals surface area contributed by atoms with Gasteiger partial charge in [-0.1, -0.05) is 60.7 Å². The lowest BCUT2D eigenvalue weighted by Gasteiger charge is -2.16. The first-order valence-electron chi connectivity index (χ1n) is 12.2. The van der Waals surface area contributed by atoms with Gasteiger partial charge >= 0.3 is 0 Å². The Balaban J connectivity index is 1.76. The summed E-state index contributed by atoms with van der Waals surface area (Å²) in [6, 6.07) is 30.7. The Hall–Kier alpha value is -5.10. The van der Waals surface area contributed by atoms with Gasteiger partial charge in [-0.15, -0.1) is 0 Å². The summed E-state index contributed by atoms with van der Waals surface area (Å²) in [5.41, 5.74) is 5.74. The van der Waals surface area contributed by atoms with Crippen molar-refractivity contribution >= 4 is 21.8 Å². The van der Waals surface area contributed by atoms with Gasteiger partial charge in [-0.25, -0.2) is 0 Å². The topological polar surface area (TPSA) is 72.3 Å². The molecule has 0 aliphatic heterocycles. The van der Waals surface area contributed by atoms with Gasteiger partial charge in [-0.05, 0) is 35.4 Å². The van der Waals surface area contributed by atoms with Gasteiger partial charge in [-0.3, -0.25) is 0 Å². The van der Waals surface area contributed by atoms with Gasteiger partial charge in [0.1, 0.15) is 11.5 Å². The van der Waals surface area contributed by atoms with Gasteiger partial charge in [0.2, 0.25) is 11.0 Å². The Morgan fingerprint density at radius 2 is 0.895 bits per heavy atom. The van der Waals surface area contributed by atoms with Crippen molar-refractivity contribution in [1.82, 2.24) is 0 Å². The van der Waals surface area contributed by atoms with Crippen molar-refractivity contribution in [3.8, 4) is 44.9 Å². The van der Waals surface area contributed by atoms with E-state index in [1.165, 1.54) is 12.4 Å². The van der Waals surface area contributed by atoms with Crippen molar-refractivity contribution in [2.75, 3.05) is 14.2 Å². The van der Waals surface area contributed by atoms with E-state index in [1.807, 2.05) is 72.8 Å². The Morgan fingerprint density at radius 1 is 0.500 bits per heavy atom. The molecule has 0 aliphatic rings. The van der Waals surface area contributed by atoms with Crippen molar-refractivity contribution in [2.45, 2.75) is 0 Å². The number of benzene rings is 4. The van der Waals surface area contributed by atoms with Crippen molar-refractivity contribution in [2.24, 2.45) is 0 Å². The van der Waals surface area contributed by atoms with Crippen LogP contribution in [0.2, 0.25) is 0 Å². The molecule has 4 aromatic carbocycles. The summed E-state index contributed by atoms with van der Waals surface area (Å²) in [5, 5.41) is 28.2. The molecule has 0 radical (unpaired) electrons. The molecule has 0 amide bonds. The number of aromatic nitrogens is 2. The van der Waals surface area contributed by atoms with E-state index in [-0.39, 0.29) is 0 Å². The molecule has 0 atom stereocenters. The number of hydrogen-bond acceptors (Lipinski definition) is 4. The van der Waals surface area contributed by atoms with E-state index in [4.69, 9.17) is 9.47 Å². The molecule has 6 heteroatoms. The first kappa shape index (κ1) is 23.3. The van der Waals surface area contributed by atoms with Crippen molar-refractivity contribution in [3.63, 3.8) is 0 Å². The van der Waals surface area contributed by atoms with E-state index in [2.05, 4.69) is 0 Å². The lowest BCUT2D eigenvalue weighted by molar-refractivity contribution is -0.577. The van der Waals surface area contributed by atoms with Gasteiger partial charge in [0.05, 0.1) is 36.1 Å². The minimum absolute atomic E-state index is 0.437. The lowest BCUT2D eigenvalue weighted by Crippen LogP contribution is -2.29. The summed E-state index contributed by atoms with van der Waals surface area (Å²) in [5.74, 6) is 1.15. The minimum atomic E-state index is 0.437. The molecule has 0 aliphatic carbocycles. The summed E-state index contributed by atoms with van der Waals surface area (Å²) >= 11 is 0. The number of methoxy groups -OCH3 is 2. The van der Waals surface area contributed by atoms with Crippen LogP contribution in [0.3, 0.4) is 0 Å². The highest BCUT2D eigenvalue weighted by Gasteiger charge is 2.25. The minimum Gasteiger partial charge on any atom is -0.618 e. The van der Waals surface area contributed by atoms with E-state index in [0.717, 1.165) is 42.5 Å². The van der Waals surface area contributed by atoms with Gasteiger partial charge in [0.15, 0.2) is 12.4 Å². The largest absolute Gasteiger partial charge is 0.618 e. The zero-order valence-corrected chi connectivity index (χ0v) is 20.9. The number of nitrogens with zero attached hydrogens (tertiary/aromatic N) is 2. The van der Waals surface area contributed by atoms with Crippen LogP contribution in [0.5, 0.6) is 11.5 Å². The summed E-state index contributed by atoms with van der Waals surface area (Å²) in [6.45, 7) is 0. The van der Waals surface area contributed by atoms with Crippen LogP contribution in [-0.2, 0) is 0 Å². The number of fused-ring (bicyclic) bond motifs is 2. The molecule has 2 heterocycles. The smallest absolute Gasteiger partial charge is 0.232 e. The molecule has 0 spiro atoms. The Kier molecular flexibility index (Phi) is 5.77. The maximum absolute atomic E-state index is 13.4. The molecule has 0 saturated carbocycles. The number of rotatable bonds is 5. The maximum atomic E-state index is 13.4. The average molecular weight is 501 g/mol. The molecule has 2 aromatic heterocycles. The molecular formula is C32H24N2O4. The maximum Gasteiger partial charge on any atom is 0.232 e. The molecule has 0 saturated heterocycles. The Morgan fingerprint density at radius 3 is 1.26 bits per heavy atom. The van der Waals surface area contributed by atoms with E-state index in [1.54, 1.807) is 38.5 Å². The predicted molar refractivity (Wildman–Crippen MR) is 149 cm³/mol. The summed E-state index contributed by atoms with van der Waals surface area (Å²) in [4.78, 5) is 0. The van der Waals surface area contributed by atoms with Crippen LogP contribution < -0.4 is 18.9 Å². The molecule has 0 unspecified atom stereocenters. The van der Waals surface area contributed by atoms with E-state index < -0.39 is 0 Å². The second-order valence-corrected chi connectivity index (χ2v) is 8.98. The molecule has 6 aromatic rings. The molecule has 0 fully saturated rings. The van der Waals surface area contributed by atoms with Crippen LogP contribution in [0.1, 0.15) is 0 Å². The fourth-order valence-corrected chi connectivity index (χ4v) is 5.10. The van der Waals surface area contributed by atoms with Crippen LogP contribution in [0, 0.1) is 10.4 Å². The standard InChI is InChI=1S/C32H24N2O4/c1-37-23-17-27-25(21-9-5-3-6-10-21)13-15-33(35)31(27)29(19-23)30-20-24(38-2)18-28-26(14-16-34(36)32(28)30)22-11-7-4-8-12-22/h3-20H,1-2H3. The summed E-state index contributed by atoms with van der Waals surface area (Å²) < 4.78 is 13.0. The molecular weight excluding hydrogens is 476 g/mol. The van der Waals surface area contributed by atoms with Crippen LogP contribution in [-0.4, -0.2) is 14.2 Å². The number of hydrogen-bond donors (Lipinski definition) is 0. The third-order valence-corrected chi connectivity index (χ3v) is 6.87. The Bertz CT molecular complexity index is 1670. The van der Waals surface area contributed by atoms with Gasteiger partial charge in [0, 0.05) is 23.3 Å². The van der Waals surface area contributed by atoms with Crippen molar-refractivity contribution < 1.29 is 18.9 Å². The lowest BCUT2D eigenvalue weighted by atomic mass is 9.92. The van der Waals surface area contributed by atoms with E-state index >= 15 is 0 Å². The van der Waals surface area contributed by atoms with Gasteiger partial charge in [0.25, 0.3) is 0 Å². The monoisotopic (exact) mass is 500 g/mol. The highest BCUT2D eigenvalue weighted by atomic mass is 16.5.